The zero-order valence-electron chi connectivity index (χ0n) is 11.8. The molecule has 2 aromatic rings. The van der Waals surface area contributed by atoms with Gasteiger partial charge in [-0.15, -0.1) is 11.3 Å². The Bertz CT molecular complexity index is 558. The SMILES string of the molecule is Cc1cc(CNC(=O)[C@H](N)Cc2ccccc2)sc1C. The topological polar surface area (TPSA) is 55.1 Å². The van der Waals surface area contributed by atoms with Gasteiger partial charge in [-0.1, -0.05) is 30.3 Å². The van der Waals surface area contributed by atoms with Gasteiger partial charge in [0.1, 0.15) is 0 Å². The lowest BCUT2D eigenvalue weighted by atomic mass is 10.1. The first kappa shape index (κ1) is 14.8. The fourth-order valence-electron chi connectivity index (χ4n) is 2.00. The lowest BCUT2D eigenvalue weighted by molar-refractivity contribution is -0.122. The first-order valence-corrected chi connectivity index (χ1v) is 7.51. The van der Waals surface area contributed by atoms with E-state index in [9.17, 15) is 4.79 Å². The summed E-state index contributed by atoms with van der Waals surface area (Å²) in [6.07, 6.45) is 0.565. The van der Waals surface area contributed by atoms with E-state index in [1.54, 1.807) is 11.3 Å². The van der Waals surface area contributed by atoms with E-state index < -0.39 is 6.04 Å². The molecule has 0 bridgehead atoms. The van der Waals surface area contributed by atoms with Crippen LogP contribution in [0.15, 0.2) is 36.4 Å². The maximum Gasteiger partial charge on any atom is 0.237 e. The number of carbonyl (C=O) groups excluding carboxylic acids is 1. The molecule has 3 N–H and O–H groups in total. The van der Waals surface area contributed by atoms with Crippen molar-refractivity contribution >= 4 is 17.2 Å². The van der Waals surface area contributed by atoms with Gasteiger partial charge in [-0.3, -0.25) is 4.79 Å². The number of hydrogen-bond acceptors (Lipinski definition) is 3. The molecule has 0 aliphatic rings. The Morgan fingerprint density at radius 1 is 1.30 bits per heavy atom. The van der Waals surface area contributed by atoms with E-state index in [1.165, 1.54) is 15.3 Å². The molecule has 1 aromatic carbocycles. The molecule has 0 aliphatic carbocycles. The highest BCUT2D eigenvalue weighted by atomic mass is 32.1. The summed E-state index contributed by atoms with van der Waals surface area (Å²) in [6, 6.07) is 11.5. The van der Waals surface area contributed by atoms with Gasteiger partial charge in [0.2, 0.25) is 5.91 Å². The summed E-state index contributed by atoms with van der Waals surface area (Å²) in [6.45, 7) is 4.73. The van der Waals surface area contributed by atoms with E-state index in [-0.39, 0.29) is 5.91 Å². The highest BCUT2D eigenvalue weighted by molar-refractivity contribution is 7.12. The fraction of sp³-hybridized carbons (Fsp3) is 0.312. The van der Waals surface area contributed by atoms with Crippen molar-refractivity contribution in [3.05, 3.63) is 57.3 Å². The van der Waals surface area contributed by atoms with Crippen LogP contribution < -0.4 is 11.1 Å². The first-order chi connectivity index (χ1) is 9.56. The summed E-state index contributed by atoms with van der Waals surface area (Å²) < 4.78 is 0. The number of benzene rings is 1. The van der Waals surface area contributed by atoms with Crippen molar-refractivity contribution < 1.29 is 4.79 Å². The number of aryl methyl sites for hydroxylation is 2. The van der Waals surface area contributed by atoms with Crippen LogP contribution in [0, 0.1) is 13.8 Å². The minimum absolute atomic E-state index is 0.0995. The van der Waals surface area contributed by atoms with E-state index in [0.29, 0.717) is 13.0 Å². The van der Waals surface area contributed by atoms with Gasteiger partial charge in [0.15, 0.2) is 0 Å². The van der Waals surface area contributed by atoms with Gasteiger partial charge in [0.05, 0.1) is 12.6 Å². The molecule has 0 unspecified atom stereocenters. The Hall–Kier alpha value is -1.65. The summed E-state index contributed by atoms with van der Waals surface area (Å²) in [5.41, 5.74) is 8.29. The van der Waals surface area contributed by atoms with E-state index in [4.69, 9.17) is 5.73 Å². The molecule has 0 aliphatic heterocycles. The Kier molecular flexibility index (Phi) is 4.93. The Morgan fingerprint density at radius 3 is 2.60 bits per heavy atom. The second kappa shape index (κ2) is 6.68. The van der Waals surface area contributed by atoms with Crippen molar-refractivity contribution in [2.24, 2.45) is 5.73 Å². The van der Waals surface area contributed by atoms with Crippen molar-refractivity contribution in [1.82, 2.24) is 5.32 Å². The average Bonchev–Trinajstić information content (AvgIpc) is 2.76. The molecule has 1 atom stereocenters. The number of rotatable bonds is 5. The molecule has 20 heavy (non-hydrogen) atoms. The van der Waals surface area contributed by atoms with Crippen LogP contribution in [0.25, 0.3) is 0 Å². The average molecular weight is 288 g/mol. The van der Waals surface area contributed by atoms with Crippen molar-refractivity contribution in [3.8, 4) is 0 Å². The Morgan fingerprint density at radius 2 is 2.00 bits per heavy atom. The number of nitrogens with two attached hydrogens (primary N) is 1. The van der Waals surface area contributed by atoms with Gasteiger partial charge in [0, 0.05) is 9.75 Å². The van der Waals surface area contributed by atoms with Crippen LogP contribution in [0.1, 0.15) is 20.9 Å². The fourth-order valence-corrected chi connectivity index (χ4v) is 3.00. The molecule has 106 valence electrons. The second-order valence-corrected chi connectivity index (χ2v) is 6.31. The third kappa shape index (κ3) is 3.92. The molecule has 0 fully saturated rings. The number of thiophene rings is 1. The summed E-state index contributed by atoms with van der Waals surface area (Å²) in [5.74, 6) is -0.0995. The second-order valence-electron chi connectivity index (χ2n) is 4.97. The molecule has 1 aromatic heterocycles. The molecular weight excluding hydrogens is 268 g/mol. The highest BCUT2D eigenvalue weighted by Crippen LogP contribution is 2.20. The lowest BCUT2D eigenvalue weighted by Gasteiger charge is -2.11. The smallest absolute Gasteiger partial charge is 0.237 e. The predicted octanol–water partition coefficient (Wildman–Crippen LogP) is 2.55. The van der Waals surface area contributed by atoms with Crippen molar-refractivity contribution in [1.29, 1.82) is 0 Å². The lowest BCUT2D eigenvalue weighted by Crippen LogP contribution is -2.41. The van der Waals surface area contributed by atoms with Crippen LogP contribution in [0.4, 0.5) is 0 Å². The third-order valence-electron chi connectivity index (χ3n) is 3.29. The Balaban J connectivity index is 1.85. The van der Waals surface area contributed by atoms with Crippen molar-refractivity contribution in [2.45, 2.75) is 32.9 Å². The maximum atomic E-state index is 12.0. The quantitative estimate of drug-likeness (QED) is 0.888. The van der Waals surface area contributed by atoms with E-state index >= 15 is 0 Å². The van der Waals surface area contributed by atoms with Crippen LogP contribution >= 0.6 is 11.3 Å². The van der Waals surface area contributed by atoms with Gasteiger partial charge in [-0.25, -0.2) is 0 Å². The number of hydrogen-bond donors (Lipinski definition) is 2. The van der Waals surface area contributed by atoms with Gasteiger partial charge < -0.3 is 11.1 Å². The van der Waals surface area contributed by atoms with Crippen LogP contribution in [0.3, 0.4) is 0 Å². The molecule has 0 radical (unpaired) electrons. The van der Waals surface area contributed by atoms with Crippen LogP contribution in [-0.2, 0) is 17.8 Å². The molecule has 1 heterocycles. The number of amides is 1. The largest absolute Gasteiger partial charge is 0.350 e. The van der Waals surface area contributed by atoms with Gasteiger partial charge in [-0.2, -0.15) is 0 Å². The molecule has 3 nitrogen and oxygen atoms in total. The summed E-state index contributed by atoms with van der Waals surface area (Å²) in [5, 5.41) is 2.91. The molecule has 0 saturated heterocycles. The first-order valence-electron chi connectivity index (χ1n) is 6.69. The molecule has 4 heteroatoms. The van der Waals surface area contributed by atoms with Crippen molar-refractivity contribution in [3.63, 3.8) is 0 Å². The monoisotopic (exact) mass is 288 g/mol. The minimum Gasteiger partial charge on any atom is -0.350 e. The molecule has 0 saturated carbocycles. The van der Waals surface area contributed by atoms with Crippen LogP contribution in [-0.4, -0.2) is 11.9 Å². The molecule has 2 rings (SSSR count). The Labute approximate surface area is 123 Å². The zero-order chi connectivity index (χ0) is 14.5. The highest BCUT2D eigenvalue weighted by Gasteiger charge is 2.14. The van der Waals surface area contributed by atoms with E-state index in [0.717, 1.165) is 5.56 Å². The van der Waals surface area contributed by atoms with Gasteiger partial charge in [-0.05, 0) is 37.5 Å². The maximum absolute atomic E-state index is 12.0. The summed E-state index contributed by atoms with van der Waals surface area (Å²) in [4.78, 5) is 14.4. The molecule has 1 amide bonds. The van der Waals surface area contributed by atoms with Crippen LogP contribution in [0.5, 0.6) is 0 Å². The predicted molar refractivity (Wildman–Crippen MR) is 83.8 cm³/mol. The van der Waals surface area contributed by atoms with Crippen molar-refractivity contribution in [2.75, 3.05) is 0 Å². The van der Waals surface area contributed by atoms with E-state index in [2.05, 4.69) is 25.2 Å². The minimum atomic E-state index is -0.500. The summed E-state index contributed by atoms with van der Waals surface area (Å²) in [7, 11) is 0. The zero-order valence-corrected chi connectivity index (χ0v) is 12.7. The van der Waals surface area contributed by atoms with Crippen LogP contribution in [0.2, 0.25) is 0 Å². The molecule has 0 spiro atoms. The van der Waals surface area contributed by atoms with Gasteiger partial charge >= 0.3 is 0 Å². The van der Waals surface area contributed by atoms with Gasteiger partial charge in [0.25, 0.3) is 0 Å². The molecular formula is C16H20N2OS. The number of nitrogens with one attached hydrogen (secondary N) is 1. The van der Waals surface area contributed by atoms with E-state index in [1.807, 2.05) is 30.3 Å². The summed E-state index contributed by atoms with van der Waals surface area (Å²) >= 11 is 1.72. The third-order valence-corrected chi connectivity index (χ3v) is 4.44. The normalized spacial score (nSPS) is 12.2. The number of carbonyl (C=O) groups is 1. The standard InChI is InChI=1S/C16H20N2OS/c1-11-8-14(20-12(11)2)10-18-16(19)15(17)9-13-6-4-3-5-7-13/h3-8,15H,9-10,17H2,1-2H3,(H,18,19)/t15-/m1/s1.